The lowest BCUT2D eigenvalue weighted by molar-refractivity contribution is 0.670. The second-order valence-corrected chi connectivity index (χ2v) is 14.8. The van der Waals surface area contributed by atoms with Gasteiger partial charge >= 0.3 is 0 Å². The van der Waals surface area contributed by atoms with Crippen molar-refractivity contribution >= 4 is 96.6 Å². The molecule has 0 aliphatic rings. The summed E-state index contributed by atoms with van der Waals surface area (Å²) in [7, 11) is 0. The Bertz CT molecular complexity index is 3020. The number of thiophene rings is 2. The van der Waals surface area contributed by atoms with Crippen LogP contribution in [0.15, 0.2) is 166 Å². The lowest BCUT2D eigenvalue weighted by atomic mass is 9.97. The van der Waals surface area contributed by atoms with E-state index < -0.39 is 0 Å². The molecule has 51 heavy (non-hydrogen) atoms. The predicted octanol–water partition coefficient (Wildman–Crippen LogP) is 12.3. The van der Waals surface area contributed by atoms with Gasteiger partial charge in [0.25, 0.3) is 0 Å². The third kappa shape index (κ3) is 5.03. The van der Waals surface area contributed by atoms with E-state index >= 15 is 0 Å². The standard InChI is InChI=1S/C45H29N3OS2/c46-44(48-45(47-26-27-11-2-1-3-12-27)28-23-24-39-35(25-28)29-13-4-6-20-37(29)50-39)34-18-9-19-36-41(34)33-17-8-16-31(43(33)49-36)30-15-10-22-40-42(30)32-14-5-7-21-38(32)51-40/h1-25H,26H2,(H2,46,47,48). The lowest BCUT2D eigenvalue weighted by Gasteiger charge is -2.08. The monoisotopic (exact) mass is 691 g/mol. The molecule has 3 aromatic heterocycles. The average molecular weight is 692 g/mol. The number of amidine groups is 2. The molecule has 2 N–H and O–H groups in total. The second kappa shape index (κ2) is 12.1. The number of nitrogens with zero attached hydrogens (tertiary/aromatic N) is 2. The van der Waals surface area contributed by atoms with Gasteiger partial charge in [-0.05, 0) is 53.6 Å². The van der Waals surface area contributed by atoms with Crippen LogP contribution in [0.3, 0.4) is 0 Å². The number of benzene rings is 7. The molecule has 0 spiro atoms. The average Bonchev–Trinajstić information content (AvgIpc) is 3.87. The van der Waals surface area contributed by atoms with Gasteiger partial charge in [-0.25, -0.2) is 4.99 Å². The van der Waals surface area contributed by atoms with Gasteiger partial charge in [-0.15, -0.1) is 22.7 Å². The van der Waals surface area contributed by atoms with E-state index in [4.69, 9.17) is 20.1 Å². The van der Waals surface area contributed by atoms with Gasteiger partial charge in [0.2, 0.25) is 0 Å². The zero-order valence-corrected chi connectivity index (χ0v) is 29.0. The highest BCUT2D eigenvalue weighted by molar-refractivity contribution is 7.26. The van der Waals surface area contributed by atoms with Crippen LogP contribution >= 0.6 is 22.7 Å². The summed E-state index contributed by atoms with van der Waals surface area (Å²) in [5, 5.41) is 6.88. The second-order valence-electron chi connectivity index (χ2n) is 12.7. The van der Waals surface area contributed by atoms with E-state index in [0.29, 0.717) is 18.2 Å². The minimum absolute atomic E-state index is 0.390. The van der Waals surface area contributed by atoms with Crippen molar-refractivity contribution < 1.29 is 4.42 Å². The molecule has 0 unspecified atom stereocenters. The molecular formula is C45H29N3OS2. The van der Waals surface area contributed by atoms with Crippen LogP contribution in [-0.2, 0) is 6.54 Å². The summed E-state index contributed by atoms with van der Waals surface area (Å²) in [6.07, 6.45) is 0. The van der Waals surface area contributed by atoms with E-state index in [1.807, 2.05) is 47.7 Å². The highest BCUT2D eigenvalue weighted by Gasteiger charge is 2.19. The van der Waals surface area contributed by atoms with Crippen molar-refractivity contribution in [2.45, 2.75) is 6.54 Å². The van der Waals surface area contributed by atoms with Crippen molar-refractivity contribution in [2.75, 3.05) is 0 Å². The fourth-order valence-corrected chi connectivity index (χ4v) is 9.47. The number of aliphatic imine (C=N–C) groups is 2. The van der Waals surface area contributed by atoms with Crippen molar-refractivity contribution in [3.05, 3.63) is 168 Å². The van der Waals surface area contributed by atoms with Gasteiger partial charge in [0.15, 0.2) is 5.84 Å². The molecule has 7 aromatic carbocycles. The normalized spacial score (nSPS) is 12.7. The smallest absolute Gasteiger partial charge is 0.157 e. The quantitative estimate of drug-likeness (QED) is 0.144. The number of rotatable bonds is 5. The van der Waals surface area contributed by atoms with E-state index in [9.17, 15) is 0 Å². The van der Waals surface area contributed by atoms with Gasteiger partial charge in [0.05, 0.1) is 6.54 Å². The zero-order valence-electron chi connectivity index (χ0n) is 27.3. The van der Waals surface area contributed by atoms with Crippen molar-refractivity contribution in [2.24, 2.45) is 15.7 Å². The van der Waals surface area contributed by atoms with Crippen LogP contribution in [-0.4, -0.2) is 11.7 Å². The molecule has 0 saturated heterocycles. The third-order valence-corrected chi connectivity index (χ3v) is 11.9. The number of hydrogen-bond acceptors (Lipinski definition) is 4. The van der Waals surface area contributed by atoms with Crippen LogP contribution in [0.2, 0.25) is 0 Å². The van der Waals surface area contributed by atoms with Gasteiger partial charge in [-0.3, -0.25) is 4.99 Å². The summed E-state index contributed by atoms with van der Waals surface area (Å²) in [6.45, 7) is 0.486. The van der Waals surface area contributed by atoms with Gasteiger partial charge in [0, 0.05) is 67.8 Å². The van der Waals surface area contributed by atoms with E-state index in [2.05, 4.69) is 115 Å². The molecule has 4 nitrogen and oxygen atoms in total. The van der Waals surface area contributed by atoms with Crippen molar-refractivity contribution in [3.8, 4) is 11.1 Å². The topological polar surface area (TPSA) is 63.9 Å². The van der Waals surface area contributed by atoms with Crippen molar-refractivity contribution in [3.63, 3.8) is 0 Å². The molecule has 0 saturated carbocycles. The fraction of sp³-hybridized carbons (Fsp3) is 0.0222. The molecular weight excluding hydrogens is 663 g/mol. The SMILES string of the molecule is N/C(=N\C(=N/Cc1ccccc1)c1ccc2sc3ccccc3c2c1)c1cccc2oc3c(-c4cccc5sc6ccccc6c45)cccc3c12. The highest BCUT2D eigenvalue weighted by atomic mass is 32.1. The predicted molar refractivity (Wildman–Crippen MR) is 219 cm³/mol. The first kappa shape index (κ1) is 29.8. The molecule has 10 rings (SSSR count). The van der Waals surface area contributed by atoms with E-state index in [1.54, 1.807) is 11.3 Å². The van der Waals surface area contributed by atoms with Crippen LogP contribution in [0.4, 0.5) is 0 Å². The largest absolute Gasteiger partial charge is 0.455 e. The molecule has 0 aliphatic heterocycles. The molecule has 10 aromatic rings. The Balaban J connectivity index is 1.14. The minimum Gasteiger partial charge on any atom is -0.455 e. The Morgan fingerprint density at radius 3 is 2.10 bits per heavy atom. The summed E-state index contributed by atoms with van der Waals surface area (Å²) >= 11 is 3.62. The fourth-order valence-electron chi connectivity index (χ4n) is 7.25. The molecule has 0 atom stereocenters. The van der Waals surface area contributed by atoms with Crippen LogP contribution in [0.5, 0.6) is 0 Å². The maximum absolute atomic E-state index is 7.00. The van der Waals surface area contributed by atoms with Crippen molar-refractivity contribution in [1.82, 2.24) is 0 Å². The molecule has 0 fully saturated rings. The number of furan rings is 1. The molecule has 3 heterocycles. The number of para-hydroxylation sites is 1. The Morgan fingerprint density at radius 2 is 1.22 bits per heavy atom. The number of fused-ring (bicyclic) bond motifs is 9. The van der Waals surface area contributed by atoms with E-state index in [-0.39, 0.29) is 0 Å². The van der Waals surface area contributed by atoms with E-state index in [0.717, 1.165) is 49.8 Å². The van der Waals surface area contributed by atoms with Crippen molar-refractivity contribution in [1.29, 1.82) is 0 Å². The molecule has 0 amide bonds. The Hall–Kier alpha value is -6.08. The van der Waals surface area contributed by atoms with Gasteiger partial charge in [0.1, 0.15) is 17.0 Å². The first-order chi connectivity index (χ1) is 25.2. The maximum atomic E-state index is 7.00. The molecule has 0 radical (unpaired) electrons. The van der Waals surface area contributed by atoms with Crippen LogP contribution in [0.1, 0.15) is 16.7 Å². The van der Waals surface area contributed by atoms with Crippen LogP contribution in [0.25, 0.3) is 73.4 Å². The summed E-state index contributed by atoms with van der Waals surface area (Å²) in [4.78, 5) is 10.2. The first-order valence-electron chi connectivity index (χ1n) is 16.9. The van der Waals surface area contributed by atoms with E-state index in [1.165, 1.54) is 40.3 Å². The Morgan fingerprint density at radius 1 is 0.549 bits per heavy atom. The highest BCUT2D eigenvalue weighted by Crippen LogP contribution is 2.44. The molecule has 242 valence electrons. The zero-order chi connectivity index (χ0) is 33.9. The summed E-state index contributed by atoms with van der Waals surface area (Å²) in [5.41, 5.74) is 13.7. The van der Waals surface area contributed by atoms with Gasteiger partial charge in [-0.2, -0.15) is 0 Å². The number of hydrogen-bond donors (Lipinski definition) is 1. The third-order valence-electron chi connectivity index (χ3n) is 9.61. The molecule has 6 heteroatoms. The molecule has 0 aliphatic carbocycles. The van der Waals surface area contributed by atoms with Gasteiger partial charge in [-0.1, -0.05) is 109 Å². The summed E-state index contributed by atoms with van der Waals surface area (Å²) in [5.74, 6) is 0.983. The molecule has 0 bridgehead atoms. The van der Waals surface area contributed by atoms with Crippen LogP contribution < -0.4 is 5.73 Å². The number of nitrogens with two attached hydrogens (primary N) is 1. The Kier molecular flexibility index (Phi) is 7.05. The lowest BCUT2D eigenvalue weighted by Crippen LogP contribution is -2.17. The maximum Gasteiger partial charge on any atom is 0.157 e. The summed E-state index contributed by atoms with van der Waals surface area (Å²) in [6, 6.07) is 52.8. The summed E-state index contributed by atoms with van der Waals surface area (Å²) < 4.78 is 11.7. The Labute approximate surface area is 301 Å². The van der Waals surface area contributed by atoms with Crippen LogP contribution in [0, 0.1) is 0 Å². The first-order valence-corrected chi connectivity index (χ1v) is 18.5. The van der Waals surface area contributed by atoms with Gasteiger partial charge < -0.3 is 10.2 Å². The minimum atomic E-state index is 0.390.